The lowest BCUT2D eigenvalue weighted by Gasteiger charge is -2.37. The van der Waals surface area contributed by atoms with Crippen LogP contribution in [0.25, 0.3) is 0 Å². The van der Waals surface area contributed by atoms with E-state index in [-0.39, 0.29) is 11.9 Å². The van der Waals surface area contributed by atoms with Crippen LogP contribution in [0, 0.1) is 12.3 Å². The molecule has 1 aromatic rings. The Bertz CT molecular complexity index is 458. The number of hydrogen-bond acceptors (Lipinski definition) is 4. The Morgan fingerprint density at radius 2 is 2.25 bits per heavy atom. The minimum Gasteiger partial charge on any atom is -0.344 e. The lowest BCUT2D eigenvalue weighted by atomic mass is 10.2. The van der Waals surface area contributed by atoms with Crippen LogP contribution in [0.3, 0.4) is 0 Å². The fourth-order valence-corrected chi connectivity index (χ4v) is 3.13. The number of carbonyl (C=O) groups excluding carboxylic acids is 1. The summed E-state index contributed by atoms with van der Waals surface area (Å²) < 4.78 is 0. The third kappa shape index (κ3) is 4.07. The molecule has 0 saturated carbocycles. The Balaban J connectivity index is 1.76. The van der Waals surface area contributed by atoms with Gasteiger partial charge in [-0.3, -0.25) is 14.6 Å². The molecule has 1 N–H and O–H groups in total. The number of thiophene rings is 1. The number of terminal acetylenes is 1. The molecular weight excluding hydrogens is 270 g/mol. The summed E-state index contributed by atoms with van der Waals surface area (Å²) in [7, 11) is 0. The van der Waals surface area contributed by atoms with Gasteiger partial charge in [0.25, 0.3) is 0 Å². The first-order valence-corrected chi connectivity index (χ1v) is 7.78. The van der Waals surface area contributed by atoms with Crippen LogP contribution >= 0.6 is 11.3 Å². The summed E-state index contributed by atoms with van der Waals surface area (Å²) in [6.45, 7) is 7.13. The lowest BCUT2D eigenvalue weighted by Crippen LogP contribution is -2.53. The summed E-state index contributed by atoms with van der Waals surface area (Å²) in [5.41, 5.74) is 0. The molecule has 1 atom stereocenters. The zero-order chi connectivity index (χ0) is 14.4. The van der Waals surface area contributed by atoms with Crippen molar-refractivity contribution in [3.05, 3.63) is 22.4 Å². The molecule has 1 amide bonds. The summed E-state index contributed by atoms with van der Waals surface area (Å²) in [6.07, 6.45) is 5.15. The monoisotopic (exact) mass is 291 g/mol. The molecule has 108 valence electrons. The second kappa shape index (κ2) is 7.44. The van der Waals surface area contributed by atoms with Crippen molar-refractivity contribution in [1.29, 1.82) is 0 Å². The third-order valence-corrected chi connectivity index (χ3v) is 4.52. The topological polar surface area (TPSA) is 35.6 Å². The number of piperazine rings is 1. The zero-order valence-electron chi connectivity index (χ0n) is 11.8. The Kier molecular flexibility index (Phi) is 5.60. The lowest BCUT2D eigenvalue weighted by molar-refractivity contribution is -0.126. The summed E-state index contributed by atoms with van der Waals surface area (Å²) in [5.74, 6) is 2.45. The number of nitrogens with one attached hydrogen (secondary N) is 1. The van der Waals surface area contributed by atoms with Gasteiger partial charge in [-0.25, -0.2) is 0 Å². The molecule has 4 nitrogen and oxygen atoms in total. The van der Waals surface area contributed by atoms with E-state index in [2.05, 4.69) is 38.5 Å². The Morgan fingerprint density at radius 3 is 2.85 bits per heavy atom. The fourth-order valence-electron chi connectivity index (χ4n) is 2.38. The van der Waals surface area contributed by atoms with Crippen molar-refractivity contribution in [3.63, 3.8) is 0 Å². The number of amides is 1. The highest BCUT2D eigenvalue weighted by Gasteiger charge is 2.25. The minimum atomic E-state index is -0.104. The maximum absolute atomic E-state index is 11.9. The first kappa shape index (κ1) is 15.0. The summed E-state index contributed by atoms with van der Waals surface area (Å²) in [4.78, 5) is 17.9. The first-order valence-electron chi connectivity index (χ1n) is 6.90. The summed E-state index contributed by atoms with van der Waals surface area (Å²) >= 11 is 1.80. The van der Waals surface area contributed by atoms with Gasteiger partial charge in [0.1, 0.15) is 0 Å². The quantitative estimate of drug-likeness (QED) is 0.822. The molecule has 0 radical (unpaired) electrons. The van der Waals surface area contributed by atoms with E-state index < -0.39 is 0 Å². The molecule has 2 heterocycles. The zero-order valence-corrected chi connectivity index (χ0v) is 12.7. The largest absolute Gasteiger partial charge is 0.344 e. The minimum absolute atomic E-state index is 0.0228. The van der Waals surface area contributed by atoms with Gasteiger partial charge in [-0.2, -0.15) is 0 Å². The molecule has 2 rings (SSSR count). The molecule has 1 aromatic heterocycles. The molecule has 1 aliphatic heterocycles. The second-order valence-electron chi connectivity index (χ2n) is 4.99. The van der Waals surface area contributed by atoms with Crippen molar-refractivity contribution < 1.29 is 4.79 Å². The highest BCUT2D eigenvalue weighted by molar-refractivity contribution is 7.09. The van der Waals surface area contributed by atoms with Gasteiger partial charge in [-0.15, -0.1) is 17.8 Å². The molecule has 20 heavy (non-hydrogen) atoms. The molecule has 1 aliphatic rings. The van der Waals surface area contributed by atoms with Crippen LogP contribution in [-0.4, -0.2) is 54.5 Å². The van der Waals surface area contributed by atoms with Crippen LogP contribution in [0.2, 0.25) is 0 Å². The molecule has 0 aliphatic carbocycles. The molecule has 5 heteroatoms. The molecule has 0 aromatic carbocycles. The van der Waals surface area contributed by atoms with Gasteiger partial charge in [0, 0.05) is 37.6 Å². The Labute approximate surface area is 124 Å². The fraction of sp³-hybridized carbons (Fsp3) is 0.533. The van der Waals surface area contributed by atoms with E-state index in [9.17, 15) is 4.79 Å². The van der Waals surface area contributed by atoms with Crippen LogP contribution in [0.5, 0.6) is 0 Å². The van der Waals surface area contributed by atoms with Crippen molar-refractivity contribution in [1.82, 2.24) is 15.1 Å². The van der Waals surface area contributed by atoms with Gasteiger partial charge in [0.15, 0.2) is 0 Å². The molecule has 1 fully saturated rings. The van der Waals surface area contributed by atoms with Gasteiger partial charge in [-0.05, 0) is 18.4 Å². The second-order valence-corrected chi connectivity index (χ2v) is 6.02. The van der Waals surface area contributed by atoms with Crippen LogP contribution in [-0.2, 0) is 11.3 Å². The van der Waals surface area contributed by atoms with E-state index in [1.165, 1.54) is 4.88 Å². The molecule has 0 spiro atoms. The van der Waals surface area contributed by atoms with E-state index in [1.54, 1.807) is 11.3 Å². The van der Waals surface area contributed by atoms with Crippen molar-refractivity contribution in [2.45, 2.75) is 19.5 Å². The summed E-state index contributed by atoms with van der Waals surface area (Å²) in [6, 6.07) is 4.16. The Hall–Kier alpha value is -1.35. The van der Waals surface area contributed by atoms with Crippen molar-refractivity contribution >= 4 is 17.2 Å². The average Bonchev–Trinajstić information content (AvgIpc) is 2.97. The van der Waals surface area contributed by atoms with Gasteiger partial charge in [0.05, 0.1) is 12.6 Å². The smallest absolute Gasteiger partial charge is 0.237 e. The van der Waals surface area contributed by atoms with E-state index in [0.717, 1.165) is 32.7 Å². The van der Waals surface area contributed by atoms with E-state index >= 15 is 0 Å². The molecule has 1 unspecified atom stereocenters. The van der Waals surface area contributed by atoms with E-state index in [1.807, 2.05) is 6.92 Å². The number of carbonyl (C=O) groups is 1. The number of hydrogen-bond donors (Lipinski definition) is 1. The first-order chi connectivity index (χ1) is 9.70. The van der Waals surface area contributed by atoms with Crippen molar-refractivity contribution in [2.24, 2.45) is 0 Å². The average molecular weight is 291 g/mol. The number of rotatable bonds is 5. The summed E-state index contributed by atoms with van der Waals surface area (Å²) in [5, 5.41) is 4.86. The van der Waals surface area contributed by atoms with Gasteiger partial charge in [0.2, 0.25) is 5.91 Å². The Morgan fingerprint density at radius 1 is 1.50 bits per heavy atom. The third-order valence-electron chi connectivity index (χ3n) is 3.66. The maximum Gasteiger partial charge on any atom is 0.237 e. The SMILES string of the molecule is C#CCNC(=O)C(C)N1CCN(Cc2cccs2)CC1. The van der Waals surface area contributed by atoms with Gasteiger partial charge < -0.3 is 5.32 Å². The standard InChI is InChI=1S/C15H21N3OS/c1-3-6-16-15(19)13(2)18-9-7-17(8-10-18)12-14-5-4-11-20-14/h1,4-5,11,13H,6-10,12H2,2H3,(H,16,19). The van der Waals surface area contributed by atoms with Crippen LogP contribution in [0.15, 0.2) is 17.5 Å². The highest BCUT2D eigenvalue weighted by Crippen LogP contribution is 2.14. The van der Waals surface area contributed by atoms with Gasteiger partial charge >= 0.3 is 0 Å². The predicted octanol–water partition coefficient (Wildman–Crippen LogP) is 1.00. The van der Waals surface area contributed by atoms with E-state index in [4.69, 9.17) is 6.42 Å². The van der Waals surface area contributed by atoms with E-state index in [0.29, 0.717) is 6.54 Å². The highest BCUT2D eigenvalue weighted by atomic mass is 32.1. The van der Waals surface area contributed by atoms with Crippen molar-refractivity contribution in [3.8, 4) is 12.3 Å². The van der Waals surface area contributed by atoms with Crippen LogP contribution < -0.4 is 5.32 Å². The molecular formula is C15H21N3OS. The van der Waals surface area contributed by atoms with Crippen LogP contribution in [0.1, 0.15) is 11.8 Å². The molecule has 0 bridgehead atoms. The van der Waals surface area contributed by atoms with Crippen molar-refractivity contribution in [2.75, 3.05) is 32.7 Å². The molecule has 1 saturated heterocycles. The van der Waals surface area contributed by atoms with Crippen LogP contribution in [0.4, 0.5) is 0 Å². The number of nitrogens with zero attached hydrogens (tertiary/aromatic N) is 2. The maximum atomic E-state index is 11.9. The van der Waals surface area contributed by atoms with Gasteiger partial charge in [-0.1, -0.05) is 12.0 Å². The predicted molar refractivity (Wildman–Crippen MR) is 82.5 cm³/mol. The normalized spacial score (nSPS) is 18.4.